The van der Waals surface area contributed by atoms with Gasteiger partial charge in [0.25, 0.3) is 0 Å². The molecular formula is C21H18F3NO4S. The number of fused-ring (bicyclic) bond motifs is 2. The first-order valence-corrected chi connectivity index (χ1v) is 10.6. The molecule has 0 unspecified atom stereocenters. The van der Waals surface area contributed by atoms with E-state index in [0.29, 0.717) is 28.2 Å². The number of rotatable bonds is 3. The fraction of sp³-hybridized carbons (Fsp3) is 0.238. The van der Waals surface area contributed by atoms with Crippen LogP contribution in [0.5, 0.6) is 0 Å². The minimum absolute atomic E-state index is 0.134. The van der Waals surface area contributed by atoms with Crippen molar-refractivity contribution in [1.29, 1.82) is 0 Å². The average Bonchev–Trinajstić information content (AvgIpc) is 3.04. The van der Waals surface area contributed by atoms with Crippen LogP contribution in [-0.2, 0) is 22.6 Å². The smallest absolute Gasteiger partial charge is 0.367 e. The summed E-state index contributed by atoms with van der Waals surface area (Å²) in [5.74, 6) is 0. The van der Waals surface area contributed by atoms with Crippen LogP contribution in [-0.4, -0.2) is 29.5 Å². The third-order valence-corrected chi connectivity index (χ3v) is 6.77. The number of aryl methyl sites for hydroxylation is 1. The van der Waals surface area contributed by atoms with Gasteiger partial charge < -0.3 is 14.8 Å². The Kier molecular flexibility index (Phi) is 4.61. The summed E-state index contributed by atoms with van der Waals surface area (Å²) in [5.41, 5.74) is 2.14. The number of aromatic nitrogens is 1. The highest BCUT2D eigenvalue weighted by Gasteiger charge is 2.36. The lowest BCUT2D eigenvalue weighted by Crippen LogP contribution is -2.15. The van der Waals surface area contributed by atoms with Crippen LogP contribution in [0.4, 0.5) is 13.2 Å². The van der Waals surface area contributed by atoms with Crippen molar-refractivity contribution < 1.29 is 31.8 Å². The molecular weight excluding hydrogens is 419 g/mol. The molecule has 0 atom stereocenters. The number of aliphatic hydroxyl groups is 2. The number of nitrogens with zero attached hydrogens (tertiary/aromatic N) is 1. The third kappa shape index (κ3) is 3.23. The first-order valence-electron chi connectivity index (χ1n) is 9.04. The molecule has 1 aliphatic heterocycles. The van der Waals surface area contributed by atoms with Crippen molar-refractivity contribution in [3.63, 3.8) is 0 Å². The standard InChI is InChI=1S/C21H18F3NO4S/c1-11-3-6-17-15(7-11)20(12(2)25(17)9-19(26)27)16-10-30(28,29)18-8-13(21(22,23)24)4-5-14(16)18/h3-8,10,19,26-27H,9H2,1-2H3. The Bertz CT molecular complexity index is 1320. The predicted octanol–water partition coefficient (Wildman–Crippen LogP) is 3.76. The van der Waals surface area contributed by atoms with E-state index in [1.54, 1.807) is 17.6 Å². The Morgan fingerprint density at radius 2 is 1.77 bits per heavy atom. The van der Waals surface area contributed by atoms with Gasteiger partial charge in [-0.1, -0.05) is 17.7 Å². The number of halogens is 3. The highest BCUT2D eigenvalue weighted by Crippen LogP contribution is 2.44. The Labute approximate surface area is 170 Å². The van der Waals surface area contributed by atoms with E-state index in [0.717, 1.165) is 17.0 Å². The molecule has 0 bridgehead atoms. The van der Waals surface area contributed by atoms with E-state index in [9.17, 15) is 31.8 Å². The molecule has 4 rings (SSSR count). The second-order valence-corrected chi connectivity index (χ2v) is 9.12. The van der Waals surface area contributed by atoms with Gasteiger partial charge in [-0.3, -0.25) is 0 Å². The van der Waals surface area contributed by atoms with Crippen molar-refractivity contribution >= 4 is 26.3 Å². The molecule has 9 heteroatoms. The molecule has 3 aromatic rings. The van der Waals surface area contributed by atoms with Crippen LogP contribution in [0.3, 0.4) is 0 Å². The summed E-state index contributed by atoms with van der Waals surface area (Å²) in [6.45, 7) is 3.44. The van der Waals surface area contributed by atoms with Crippen LogP contribution in [0.1, 0.15) is 27.9 Å². The van der Waals surface area contributed by atoms with Crippen LogP contribution in [0, 0.1) is 13.8 Å². The van der Waals surface area contributed by atoms with Gasteiger partial charge in [-0.2, -0.15) is 13.2 Å². The summed E-state index contributed by atoms with van der Waals surface area (Å²) in [6, 6.07) is 8.17. The van der Waals surface area contributed by atoms with E-state index in [1.807, 2.05) is 19.1 Å². The first kappa shape index (κ1) is 20.6. The number of sulfone groups is 1. The van der Waals surface area contributed by atoms with Gasteiger partial charge in [-0.15, -0.1) is 0 Å². The maximum absolute atomic E-state index is 13.1. The first-order chi connectivity index (χ1) is 13.9. The van der Waals surface area contributed by atoms with Gasteiger partial charge in [0.1, 0.15) is 0 Å². The van der Waals surface area contributed by atoms with Crippen LogP contribution in [0.15, 0.2) is 46.7 Å². The van der Waals surface area contributed by atoms with Crippen molar-refractivity contribution in [3.05, 3.63) is 69.8 Å². The van der Waals surface area contributed by atoms with E-state index >= 15 is 0 Å². The van der Waals surface area contributed by atoms with Gasteiger partial charge in [-0.25, -0.2) is 8.42 Å². The van der Waals surface area contributed by atoms with E-state index in [4.69, 9.17) is 0 Å². The minimum atomic E-state index is -4.66. The molecule has 158 valence electrons. The lowest BCUT2D eigenvalue weighted by atomic mass is 9.95. The molecule has 0 amide bonds. The van der Waals surface area contributed by atoms with Gasteiger partial charge in [-0.05, 0) is 38.1 Å². The molecule has 1 aromatic heterocycles. The average molecular weight is 437 g/mol. The molecule has 0 saturated heterocycles. The second-order valence-electron chi connectivity index (χ2n) is 7.36. The molecule has 2 aromatic carbocycles. The number of hydrogen-bond donors (Lipinski definition) is 2. The van der Waals surface area contributed by atoms with Crippen LogP contribution >= 0.6 is 0 Å². The van der Waals surface area contributed by atoms with Crippen molar-refractivity contribution in [2.75, 3.05) is 0 Å². The van der Waals surface area contributed by atoms with Crippen molar-refractivity contribution in [2.45, 2.75) is 37.8 Å². The molecule has 0 saturated carbocycles. The molecule has 5 nitrogen and oxygen atoms in total. The molecule has 2 heterocycles. The van der Waals surface area contributed by atoms with Crippen LogP contribution in [0.2, 0.25) is 0 Å². The summed E-state index contributed by atoms with van der Waals surface area (Å²) >= 11 is 0. The summed E-state index contributed by atoms with van der Waals surface area (Å²) in [7, 11) is -4.07. The normalized spacial score (nSPS) is 15.7. The maximum atomic E-state index is 13.1. The number of alkyl halides is 3. The lowest BCUT2D eigenvalue weighted by Gasteiger charge is -2.11. The summed E-state index contributed by atoms with van der Waals surface area (Å²) in [6.07, 6.45) is -6.29. The molecule has 2 N–H and O–H groups in total. The quantitative estimate of drug-likeness (QED) is 0.612. The topological polar surface area (TPSA) is 79.5 Å². The highest BCUT2D eigenvalue weighted by molar-refractivity contribution is 7.95. The summed E-state index contributed by atoms with van der Waals surface area (Å²) in [5, 5.41) is 20.6. The third-order valence-electron chi connectivity index (χ3n) is 5.27. The molecule has 30 heavy (non-hydrogen) atoms. The Morgan fingerprint density at radius 1 is 1.07 bits per heavy atom. The monoisotopic (exact) mass is 437 g/mol. The Morgan fingerprint density at radius 3 is 2.40 bits per heavy atom. The van der Waals surface area contributed by atoms with Gasteiger partial charge in [0.15, 0.2) is 6.29 Å². The lowest BCUT2D eigenvalue weighted by molar-refractivity contribution is -0.137. The summed E-state index contributed by atoms with van der Waals surface area (Å²) in [4.78, 5) is -0.387. The van der Waals surface area contributed by atoms with Gasteiger partial charge >= 0.3 is 6.18 Å². The fourth-order valence-electron chi connectivity index (χ4n) is 3.97. The number of aliphatic hydroxyl groups excluding tert-OH is 1. The Balaban J connectivity index is 2.01. The Hall–Kier alpha value is -2.62. The van der Waals surface area contributed by atoms with Gasteiger partial charge in [0.2, 0.25) is 9.84 Å². The maximum Gasteiger partial charge on any atom is 0.416 e. The zero-order chi connectivity index (χ0) is 22.0. The van der Waals surface area contributed by atoms with Crippen molar-refractivity contribution in [2.24, 2.45) is 0 Å². The zero-order valence-electron chi connectivity index (χ0n) is 16.0. The van der Waals surface area contributed by atoms with E-state index in [1.165, 1.54) is 6.07 Å². The highest BCUT2D eigenvalue weighted by atomic mass is 32.2. The van der Waals surface area contributed by atoms with Crippen LogP contribution < -0.4 is 0 Å². The predicted molar refractivity (Wildman–Crippen MR) is 105 cm³/mol. The number of benzene rings is 2. The van der Waals surface area contributed by atoms with E-state index in [-0.39, 0.29) is 22.6 Å². The van der Waals surface area contributed by atoms with E-state index in [2.05, 4.69) is 0 Å². The van der Waals surface area contributed by atoms with Gasteiger partial charge in [0.05, 0.1) is 17.0 Å². The summed E-state index contributed by atoms with van der Waals surface area (Å²) < 4.78 is 66.3. The molecule has 0 aliphatic carbocycles. The van der Waals surface area contributed by atoms with E-state index < -0.39 is 27.9 Å². The largest absolute Gasteiger partial charge is 0.416 e. The van der Waals surface area contributed by atoms with Crippen molar-refractivity contribution in [1.82, 2.24) is 4.57 Å². The SMILES string of the molecule is Cc1ccc2c(c1)c(C1=CS(=O)(=O)c3cc(C(F)(F)F)ccc31)c(C)n2CC(O)O. The molecule has 0 fully saturated rings. The molecule has 1 aliphatic rings. The van der Waals surface area contributed by atoms with Crippen molar-refractivity contribution in [3.8, 4) is 0 Å². The minimum Gasteiger partial charge on any atom is -0.367 e. The molecule has 0 radical (unpaired) electrons. The number of hydrogen-bond acceptors (Lipinski definition) is 4. The van der Waals surface area contributed by atoms with Crippen LogP contribution in [0.25, 0.3) is 16.5 Å². The second kappa shape index (κ2) is 6.69. The molecule has 0 spiro atoms. The zero-order valence-corrected chi connectivity index (χ0v) is 16.8. The fourth-order valence-corrected chi connectivity index (χ4v) is 5.42. The van der Waals surface area contributed by atoms with Gasteiger partial charge in [0, 0.05) is 38.7 Å².